The molecule has 0 radical (unpaired) electrons. The van der Waals surface area contributed by atoms with Gasteiger partial charge in [-0.25, -0.2) is 0 Å². The summed E-state index contributed by atoms with van der Waals surface area (Å²) in [4.78, 5) is 3.52. The zero-order chi connectivity index (χ0) is 13.9. The van der Waals surface area contributed by atoms with Crippen molar-refractivity contribution in [3.8, 4) is 10.6 Å². The zero-order valence-electron chi connectivity index (χ0n) is 11.7. The monoisotopic (exact) mass is 291 g/mol. The Morgan fingerprint density at radius 2 is 2.40 bits per heavy atom. The van der Waals surface area contributed by atoms with Crippen LogP contribution >= 0.6 is 11.3 Å². The lowest BCUT2D eigenvalue weighted by Crippen LogP contribution is -2.29. The molecule has 5 heteroatoms. The summed E-state index contributed by atoms with van der Waals surface area (Å²) < 4.78 is 0. The van der Waals surface area contributed by atoms with Crippen LogP contribution in [-0.2, 0) is 6.54 Å². The Hall–Kier alpha value is -1.17. The van der Waals surface area contributed by atoms with Crippen LogP contribution in [0.1, 0.15) is 24.8 Å². The molecule has 0 bridgehead atoms. The second kappa shape index (κ2) is 6.08. The van der Waals surface area contributed by atoms with E-state index in [1.807, 2.05) is 6.20 Å². The molecule has 3 rings (SSSR count). The molecule has 0 aliphatic heterocycles. The molecule has 0 spiro atoms. The first-order chi connectivity index (χ1) is 9.74. The molecule has 108 valence electrons. The molecular formula is C15H21N3OS. The van der Waals surface area contributed by atoms with Gasteiger partial charge >= 0.3 is 0 Å². The van der Waals surface area contributed by atoms with Crippen LogP contribution in [0.3, 0.4) is 0 Å². The van der Waals surface area contributed by atoms with Gasteiger partial charge in [0.15, 0.2) is 0 Å². The van der Waals surface area contributed by atoms with Crippen LogP contribution in [-0.4, -0.2) is 39.9 Å². The van der Waals surface area contributed by atoms with Crippen LogP contribution in [0.25, 0.3) is 10.6 Å². The van der Waals surface area contributed by atoms with Gasteiger partial charge in [0.2, 0.25) is 0 Å². The molecule has 1 aliphatic carbocycles. The maximum atomic E-state index is 9.93. The first-order valence-corrected chi connectivity index (χ1v) is 8.04. The number of nitrogens with one attached hydrogen (secondary N) is 1. The van der Waals surface area contributed by atoms with Crippen molar-refractivity contribution in [1.29, 1.82) is 0 Å². The van der Waals surface area contributed by atoms with Crippen LogP contribution in [0.5, 0.6) is 0 Å². The van der Waals surface area contributed by atoms with Gasteiger partial charge < -0.3 is 10.0 Å². The van der Waals surface area contributed by atoms with Crippen molar-refractivity contribution in [2.45, 2.75) is 31.9 Å². The fourth-order valence-electron chi connectivity index (χ4n) is 3.05. The SMILES string of the molecule is CN(Cc1cn[nH]c1-c1cccs1)CC1CCCC1O. The third kappa shape index (κ3) is 2.95. The third-order valence-corrected chi connectivity index (χ3v) is 4.98. The summed E-state index contributed by atoms with van der Waals surface area (Å²) in [6, 6.07) is 4.17. The molecule has 2 N–H and O–H groups in total. The van der Waals surface area contributed by atoms with Crippen molar-refractivity contribution in [2.24, 2.45) is 5.92 Å². The summed E-state index contributed by atoms with van der Waals surface area (Å²) in [6.45, 7) is 1.82. The average Bonchev–Trinajstić information content (AvgIpc) is 3.11. The Kier molecular flexibility index (Phi) is 4.19. The van der Waals surface area contributed by atoms with Crippen molar-refractivity contribution >= 4 is 11.3 Å². The van der Waals surface area contributed by atoms with Gasteiger partial charge in [-0.15, -0.1) is 11.3 Å². The Morgan fingerprint density at radius 1 is 1.50 bits per heavy atom. The van der Waals surface area contributed by atoms with Crippen molar-refractivity contribution in [2.75, 3.05) is 13.6 Å². The fourth-order valence-corrected chi connectivity index (χ4v) is 3.81. The number of aromatic amines is 1. The first-order valence-electron chi connectivity index (χ1n) is 7.17. The highest BCUT2D eigenvalue weighted by molar-refractivity contribution is 7.13. The maximum Gasteiger partial charge on any atom is 0.0794 e. The van der Waals surface area contributed by atoms with Gasteiger partial charge in [-0.1, -0.05) is 12.5 Å². The predicted octanol–water partition coefficient (Wildman–Crippen LogP) is 2.73. The Balaban J connectivity index is 1.64. The average molecular weight is 291 g/mol. The molecule has 20 heavy (non-hydrogen) atoms. The van der Waals surface area contributed by atoms with E-state index in [0.29, 0.717) is 5.92 Å². The molecule has 2 heterocycles. The predicted molar refractivity (Wildman–Crippen MR) is 81.6 cm³/mol. The van der Waals surface area contributed by atoms with Gasteiger partial charge in [-0.2, -0.15) is 5.10 Å². The molecule has 4 nitrogen and oxygen atoms in total. The molecule has 1 saturated carbocycles. The smallest absolute Gasteiger partial charge is 0.0794 e. The van der Waals surface area contributed by atoms with Crippen LogP contribution in [0.15, 0.2) is 23.7 Å². The molecule has 2 unspecified atom stereocenters. The number of aliphatic hydroxyl groups is 1. The Morgan fingerprint density at radius 3 is 3.10 bits per heavy atom. The van der Waals surface area contributed by atoms with E-state index in [0.717, 1.165) is 38.0 Å². The second-order valence-electron chi connectivity index (χ2n) is 5.70. The van der Waals surface area contributed by atoms with E-state index in [-0.39, 0.29) is 6.10 Å². The third-order valence-electron chi connectivity index (χ3n) is 4.09. The number of hydrogen-bond acceptors (Lipinski definition) is 4. The van der Waals surface area contributed by atoms with Gasteiger partial charge in [0.1, 0.15) is 0 Å². The molecular weight excluding hydrogens is 270 g/mol. The first kappa shape index (κ1) is 13.8. The molecule has 2 atom stereocenters. The molecule has 0 saturated heterocycles. The number of nitrogens with zero attached hydrogens (tertiary/aromatic N) is 2. The number of aliphatic hydroxyl groups excluding tert-OH is 1. The van der Waals surface area contributed by atoms with Crippen molar-refractivity contribution < 1.29 is 5.11 Å². The summed E-state index contributed by atoms with van der Waals surface area (Å²) in [5, 5.41) is 19.3. The molecule has 2 aromatic rings. The number of thiophene rings is 1. The number of aromatic nitrogens is 2. The summed E-state index contributed by atoms with van der Waals surface area (Å²) in [5.41, 5.74) is 2.35. The number of rotatable bonds is 5. The van der Waals surface area contributed by atoms with Crippen molar-refractivity contribution in [1.82, 2.24) is 15.1 Å². The highest BCUT2D eigenvalue weighted by Gasteiger charge is 2.26. The highest BCUT2D eigenvalue weighted by atomic mass is 32.1. The standard InChI is InChI=1S/C15H21N3OS/c1-18(9-11-4-2-5-13(11)19)10-12-8-16-17-15(12)14-6-3-7-20-14/h3,6-8,11,13,19H,2,4-5,9-10H2,1H3,(H,16,17). The summed E-state index contributed by atoms with van der Waals surface area (Å²) >= 11 is 1.73. The van der Waals surface area contributed by atoms with E-state index >= 15 is 0 Å². The maximum absolute atomic E-state index is 9.93. The Bertz CT molecular complexity index is 537. The van der Waals surface area contributed by atoms with Gasteiger partial charge in [-0.05, 0) is 37.3 Å². The quantitative estimate of drug-likeness (QED) is 0.890. The Labute approximate surface area is 123 Å². The highest BCUT2D eigenvalue weighted by Crippen LogP contribution is 2.28. The lowest BCUT2D eigenvalue weighted by molar-refractivity contribution is 0.108. The van der Waals surface area contributed by atoms with E-state index in [4.69, 9.17) is 0 Å². The van der Waals surface area contributed by atoms with Crippen LogP contribution in [0.4, 0.5) is 0 Å². The minimum atomic E-state index is -0.112. The van der Waals surface area contributed by atoms with E-state index in [9.17, 15) is 5.11 Å². The van der Waals surface area contributed by atoms with E-state index in [1.165, 1.54) is 10.4 Å². The molecule has 0 aromatic carbocycles. The van der Waals surface area contributed by atoms with Gasteiger partial charge in [-0.3, -0.25) is 5.10 Å². The van der Waals surface area contributed by atoms with E-state index in [2.05, 4.69) is 39.7 Å². The summed E-state index contributed by atoms with van der Waals surface area (Å²) in [5.74, 6) is 0.428. The van der Waals surface area contributed by atoms with Crippen LogP contribution < -0.4 is 0 Å². The van der Waals surface area contributed by atoms with Gasteiger partial charge in [0, 0.05) is 18.7 Å². The molecule has 0 amide bonds. The minimum Gasteiger partial charge on any atom is -0.393 e. The van der Waals surface area contributed by atoms with Crippen molar-refractivity contribution in [3.05, 3.63) is 29.3 Å². The molecule has 2 aromatic heterocycles. The number of H-pyrrole nitrogens is 1. The molecule has 1 aliphatic rings. The fraction of sp³-hybridized carbons (Fsp3) is 0.533. The van der Waals surface area contributed by atoms with Gasteiger partial charge in [0.05, 0.1) is 22.9 Å². The minimum absolute atomic E-state index is 0.112. The topological polar surface area (TPSA) is 52.2 Å². The summed E-state index contributed by atoms with van der Waals surface area (Å²) in [7, 11) is 2.12. The van der Waals surface area contributed by atoms with Crippen LogP contribution in [0, 0.1) is 5.92 Å². The lowest BCUT2D eigenvalue weighted by atomic mass is 10.1. The normalized spacial score (nSPS) is 22.8. The van der Waals surface area contributed by atoms with E-state index in [1.54, 1.807) is 11.3 Å². The number of hydrogen-bond donors (Lipinski definition) is 2. The molecule has 1 fully saturated rings. The van der Waals surface area contributed by atoms with Crippen LogP contribution in [0.2, 0.25) is 0 Å². The lowest BCUT2D eigenvalue weighted by Gasteiger charge is -2.22. The largest absolute Gasteiger partial charge is 0.393 e. The van der Waals surface area contributed by atoms with Gasteiger partial charge in [0.25, 0.3) is 0 Å². The zero-order valence-corrected chi connectivity index (χ0v) is 12.6. The second-order valence-corrected chi connectivity index (χ2v) is 6.65. The van der Waals surface area contributed by atoms with E-state index < -0.39 is 0 Å². The van der Waals surface area contributed by atoms with Crippen molar-refractivity contribution in [3.63, 3.8) is 0 Å². The summed E-state index contributed by atoms with van der Waals surface area (Å²) in [6.07, 6.45) is 5.07.